The molecule has 1 nitrogen and oxygen atoms in total. The Hall–Kier alpha value is -0.500. The maximum atomic E-state index is 5.30. The molecule has 0 saturated heterocycles. The van der Waals surface area contributed by atoms with Crippen molar-refractivity contribution in [3.05, 3.63) is 34.5 Å². The SMILES string of the molecule is CC/C=C/C(Br)=C\C(C)=C\N. The summed E-state index contributed by atoms with van der Waals surface area (Å²) in [6.45, 7) is 4.06. The van der Waals surface area contributed by atoms with Gasteiger partial charge < -0.3 is 5.73 Å². The summed E-state index contributed by atoms with van der Waals surface area (Å²) in [5, 5.41) is 0. The Morgan fingerprint density at radius 1 is 1.55 bits per heavy atom. The van der Waals surface area contributed by atoms with Crippen LogP contribution >= 0.6 is 15.9 Å². The van der Waals surface area contributed by atoms with Crippen LogP contribution in [0.25, 0.3) is 0 Å². The van der Waals surface area contributed by atoms with E-state index in [-0.39, 0.29) is 0 Å². The van der Waals surface area contributed by atoms with E-state index < -0.39 is 0 Å². The molecule has 0 rings (SSSR count). The third-order valence-corrected chi connectivity index (χ3v) is 1.63. The van der Waals surface area contributed by atoms with E-state index in [2.05, 4.69) is 28.9 Å². The minimum Gasteiger partial charge on any atom is -0.404 e. The molecule has 2 heteroatoms. The van der Waals surface area contributed by atoms with E-state index in [0.29, 0.717) is 0 Å². The Bertz CT molecular complexity index is 190. The third-order valence-electron chi connectivity index (χ3n) is 1.14. The standard InChI is InChI=1S/C9H14BrN/c1-3-4-5-9(10)6-8(2)7-11/h4-7H,3,11H2,1-2H3/b5-4+,8-7+,9-6+. The van der Waals surface area contributed by atoms with Gasteiger partial charge in [0.2, 0.25) is 0 Å². The van der Waals surface area contributed by atoms with Crippen molar-refractivity contribution in [3.8, 4) is 0 Å². The topological polar surface area (TPSA) is 26.0 Å². The van der Waals surface area contributed by atoms with Crippen LogP contribution in [0.15, 0.2) is 34.5 Å². The van der Waals surface area contributed by atoms with Gasteiger partial charge in [-0.3, -0.25) is 0 Å². The molecule has 0 aliphatic carbocycles. The largest absolute Gasteiger partial charge is 0.404 e. The molecule has 0 aromatic rings. The molecule has 0 radical (unpaired) electrons. The maximum Gasteiger partial charge on any atom is 0.0175 e. The highest BCUT2D eigenvalue weighted by Crippen LogP contribution is 2.10. The molecular weight excluding hydrogens is 202 g/mol. The molecule has 2 N–H and O–H groups in total. The van der Waals surface area contributed by atoms with Crippen LogP contribution in [0.4, 0.5) is 0 Å². The minimum atomic E-state index is 1.05. The summed E-state index contributed by atoms with van der Waals surface area (Å²) in [5.41, 5.74) is 6.35. The molecule has 0 amide bonds. The summed E-state index contributed by atoms with van der Waals surface area (Å²) in [5.74, 6) is 0. The summed E-state index contributed by atoms with van der Waals surface area (Å²) >= 11 is 3.40. The second kappa shape index (κ2) is 6.23. The fourth-order valence-corrected chi connectivity index (χ4v) is 1.09. The molecule has 0 saturated carbocycles. The van der Waals surface area contributed by atoms with Crippen molar-refractivity contribution >= 4 is 15.9 Å². The van der Waals surface area contributed by atoms with E-state index in [1.165, 1.54) is 0 Å². The van der Waals surface area contributed by atoms with Gasteiger partial charge in [-0.1, -0.05) is 35.0 Å². The third kappa shape index (κ3) is 5.92. The van der Waals surface area contributed by atoms with Gasteiger partial charge in [-0.2, -0.15) is 0 Å². The normalized spacial score (nSPS) is 14.5. The highest BCUT2D eigenvalue weighted by molar-refractivity contribution is 9.11. The second-order valence-electron chi connectivity index (χ2n) is 2.25. The highest BCUT2D eigenvalue weighted by atomic mass is 79.9. The first kappa shape index (κ1) is 10.5. The maximum absolute atomic E-state index is 5.30. The lowest BCUT2D eigenvalue weighted by molar-refractivity contribution is 1.22. The van der Waals surface area contributed by atoms with Crippen LogP contribution in [0, 0.1) is 0 Å². The monoisotopic (exact) mass is 215 g/mol. The van der Waals surface area contributed by atoms with Crippen molar-refractivity contribution in [2.45, 2.75) is 20.3 Å². The number of allylic oxidation sites excluding steroid dienone is 5. The van der Waals surface area contributed by atoms with Gasteiger partial charge >= 0.3 is 0 Å². The van der Waals surface area contributed by atoms with Crippen LogP contribution in [-0.2, 0) is 0 Å². The summed E-state index contributed by atoms with van der Waals surface area (Å²) < 4.78 is 1.05. The van der Waals surface area contributed by atoms with Crippen molar-refractivity contribution in [2.75, 3.05) is 0 Å². The predicted molar refractivity (Wildman–Crippen MR) is 54.4 cm³/mol. The van der Waals surface area contributed by atoms with E-state index in [9.17, 15) is 0 Å². The Balaban J connectivity index is 4.11. The molecule has 0 bridgehead atoms. The zero-order chi connectivity index (χ0) is 8.69. The Kier molecular flexibility index (Phi) is 5.94. The predicted octanol–water partition coefficient (Wildman–Crippen LogP) is 3.09. The Morgan fingerprint density at radius 2 is 2.18 bits per heavy atom. The summed E-state index contributed by atoms with van der Waals surface area (Å²) in [7, 11) is 0. The molecular formula is C9H14BrN. The van der Waals surface area contributed by atoms with Crippen molar-refractivity contribution < 1.29 is 0 Å². The quantitative estimate of drug-likeness (QED) is 0.720. The second-order valence-corrected chi connectivity index (χ2v) is 3.17. The van der Waals surface area contributed by atoms with Crippen LogP contribution in [0.5, 0.6) is 0 Å². The van der Waals surface area contributed by atoms with Crippen LogP contribution < -0.4 is 5.73 Å². The van der Waals surface area contributed by atoms with E-state index in [0.717, 1.165) is 16.5 Å². The Morgan fingerprint density at radius 3 is 2.64 bits per heavy atom. The summed E-state index contributed by atoms with van der Waals surface area (Å²) in [6, 6.07) is 0. The summed E-state index contributed by atoms with van der Waals surface area (Å²) in [4.78, 5) is 0. The van der Waals surface area contributed by atoms with Gasteiger partial charge in [0.05, 0.1) is 0 Å². The average molecular weight is 216 g/mol. The smallest absolute Gasteiger partial charge is 0.0175 e. The fraction of sp³-hybridized carbons (Fsp3) is 0.333. The van der Waals surface area contributed by atoms with Crippen molar-refractivity contribution in [3.63, 3.8) is 0 Å². The van der Waals surface area contributed by atoms with Crippen molar-refractivity contribution in [2.24, 2.45) is 5.73 Å². The fourth-order valence-electron chi connectivity index (χ4n) is 0.544. The number of rotatable bonds is 3. The van der Waals surface area contributed by atoms with E-state index in [4.69, 9.17) is 5.73 Å². The van der Waals surface area contributed by atoms with Crippen molar-refractivity contribution in [1.82, 2.24) is 0 Å². The first-order valence-electron chi connectivity index (χ1n) is 3.63. The molecule has 0 aromatic carbocycles. The lowest BCUT2D eigenvalue weighted by Crippen LogP contribution is -1.80. The molecule has 0 aliphatic rings. The molecule has 0 heterocycles. The minimum absolute atomic E-state index is 1.05. The first-order chi connectivity index (χ1) is 5.20. The van der Waals surface area contributed by atoms with Gasteiger partial charge in [-0.15, -0.1) is 0 Å². The molecule has 62 valence electrons. The van der Waals surface area contributed by atoms with Crippen LogP contribution in [0.3, 0.4) is 0 Å². The van der Waals surface area contributed by atoms with Gasteiger partial charge in [0.25, 0.3) is 0 Å². The van der Waals surface area contributed by atoms with Crippen LogP contribution in [-0.4, -0.2) is 0 Å². The number of hydrogen-bond donors (Lipinski definition) is 1. The molecule has 11 heavy (non-hydrogen) atoms. The van der Waals surface area contributed by atoms with Crippen LogP contribution in [0.2, 0.25) is 0 Å². The zero-order valence-electron chi connectivity index (χ0n) is 6.97. The van der Waals surface area contributed by atoms with Crippen LogP contribution in [0.1, 0.15) is 20.3 Å². The van der Waals surface area contributed by atoms with Gasteiger partial charge in [0, 0.05) is 4.48 Å². The van der Waals surface area contributed by atoms with Crippen molar-refractivity contribution in [1.29, 1.82) is 0 Å². The molecule has 0 spiro atoms. The number of nitrogens with two attached hydrogens (primary N) is 1. The van der Waals surface area contributed by atoms with E-state index in [1.807, 2.05) is 19.1 Å². The lowest BCUT2D eigenvalue weighted by atomic mass is 10.3. The lowest BCUT2D eigenvalue weighted by Gasteiger charge is -1.90. The highest BCUT2D eigenvalue weighted by Gasteiger charge is 1.84. The van der Waals surface area contributed by atoms with E-state index in [1.54, 1.807) is 6.20 Å². The number of hydrogen-bond acceptors (Lipinski definition) is 1. The van der Waals surface area contributed by atoms with Gasteiger partial charge in [0.1, 0.15) is 0 Å². The molecule has 0 unspecified atom stereocenters. The first-order valence-corrected chi connectivity index (χ1v) is 4.42. The molecule has 0 aromatic heterocycles. The molecule has 0 atom stereocenters. The van der Waals surface area contributed by atoms with Gasteiger partial charge in [0.15, 0.2) is 0 Å². The zero-order valence-corrected chi connectivity index (χ0v) is 8.56. The van der Waals surface area contributed by atoms with E-state index >= 15 is 0 Å². The van der Waals surface area contributed by atoms with Gasteiger partial charge in [-0.25, -0.2) is 0 Å². The molecule has 0 fully saturated rings. The Labute approximate surface area is 76.8 Å². The molecule has 0 aliphatic heterocycles. The average Bonchev–Trinajstić information content (AvgIpc) is 2.00. The van der Waals surface area contributed by atoms with Gasteiger partial charge in [-0.05, 0) is 31.2 Å². The summed E-state index contributed by atoms with van der Waals surface area (Å²) in [6.07, 6.45) is 8.72. The number of halogens is 1.